The summed E-state index contributed by atoms with van der Waals surface area (Å²) < 4.78 is 6.77. The molecule has 1 aliphatic heterocycles. The summed E-state index contributed by atoms with van der Waals surface area (Å²) >= 11 is 6.03. The molecule has 29 heavy (non-hydrogen) atoms. The van der Waals surface area contributed by atoms with Gasteiger partial charge in [-0.2, -0.15) is 0 Å². The second kappa shape index (κ2) is 7.56. The van der Waals surface area contributed by atoms with Gasteiger partial charge in [-0.3, -0.25) is 9.59 Å². The summed E-state index contributed by atoms with van der Waals surface area (Å²) in [6, 6.07) is 14.6. The van der Waals surface area contributed by atoms with Crippen molar-refractivity contribution in [1.82, 2.24) is 9.88 Å². The average molecular weight is 409 g/mol. The van der Waals surface area contributed by atoms with Crippen molar-refractivity contribution in [3.05, 3.63) is 70.9 Å². The van der Waals surface area contributed by atoms with Crippen LogP contribution < -0.4 is 5.32 Å². The van der Waals surface area contributed by atoms with Gasteiger partial charge in [-0.1, -0.05) is 41.9 Å². The molecule has 146 valence electrons. The van der Waals surface area contributed by atoms with E-state index in [2.05, 4.69) is 5.32 Å². The Morgan fingerprint density at radius 1 is 1.14 bits per heavy atom. The van der Waals surface area contributed by atoms with Crippen LogP contribution in [0, 0.1) is 0 Å². The normalized spacial score (nSPS) is 13.3. The van der Waals surface area contributed by atoms with E-state index in [4.69, 9.17) is 16.3 Å². The molecule has 3 aromatic rings. The topological polar surface area (TPSA) is 77.4 Å². The first-order valence-corrected chi connectivity index (χ1v) is 9.47. The Morgan fingerprint density at radius 3 is 2.52 bits per heavy atom. The maximum absolute atomic E-state index is 13.2. The number of carbonyl (C=O) groups excluding carboxylic acids is 3. The summed E-state index contributed by atoms with van der Waals surface area (Å²) in [5.41, 5.74) is 2.86. The van der Waals surface area contributed by atoms with Crippen molar-refractivity contribution in [3.8, 4) is 11.3 Å². The summed E-state index contributed by atoms with van der Waals surface area (Å²) in [5.74, 6) is -2.04. The third-order valence-electron chi connectivity index (χ3n) is 4.77. The highest BCUT2D eigenvalue weighted by Gasteiger charge is 2.28. The minimum Gasteiger partial charge on any atom is -0.456 e. The Labute approximate surface area is 171 Å². The lowest BCUT2D eigenvalue weighted by molar-refractivity contribution is -0.135. The molecule has 1 N–H and O–H groups in total. The Kier molecular flexibility index (Phi) is 4.94. The number of ether oxygens (including phenoxy) is 1. The van der Waals surface area contributed by atoms with E-state index >= 15 is 0 Å². The number of para-hydroxylation sites is 1. The SMILES string of the molecule is CCn1c(-c2ccc(Cl)cc2)c(C(=O)C(=O)NC2=CC(=O)OC2)c2ccccc21. The van der Waals surface area contributed by atoms with Gasteiger partial charge in [0.15, 0.2) is 0 Å². The van der Waals surface area contributed by atoms with Gasteiger partial charge >= 0.3 is 5.97 Å². The molecule has 1 amide bonds. The van der Waals surface area contributed by atoms with Crippen LogP contribution in [-0.2, 0) is 20.9 Å². The number of amides is 1. The number of nitrogens with one attached hydrogen (secondary N) is 1. The van der Waals surface area contributed by atoms with E-state index in [1.807, 2.05) is 47.9 Å². The molecule has 6 nitrogen and oxygen atoms in total. The van der Waals surface area contributed by atoms with Crippen LogP contribution in [0.3, 0.4) is 0 Å². The minimum absolute atomic E-state index is 0.0569. The Bertz CT molecular complexity index is 1180. The number of esters is 1. The number of Topliss-reactive ketones (excluding diaryl/α,β-unsaturated/α-hetero) is 1. The maximum atomic E-state index is 13.2. The van der Waals surface area contributed by atoms with Crippen LogP contribution in [0.15, 0.2) is 60.3 Å². The minimum atomic E-state index is -0.816. The molecule has 0 saturated carbocycles. The third-order valence-corrected chi connectivity index (χ3v) is 5.03. The standard InChI is InChI=1S/C22H17ClN2O4/c1-2-25-17-6-4-3-5-16(17)19(20(25)13-7-9-14(23)10-8-13)21(27)22(28)24-15-11-18(26)29-12-15/h3-11H,2,12H2,1H3,(H,24,28). The molecule has 0 atom stereocenters. The number of ketones is 1. The van der Waals surface area contributed by atoms with Crippen LogP contribution in [0.4, 0.5) is 0 Å². The number of hydrogen-bond acceptors (Lipinski definition) is 4. The first-order valence-electron chi connectivity index (χ1n) is 9.09. The highest BCUT2D eigenvalue weighted by Crippen LogP contribution is 2.35. The highest BCUT2D eigenvalue weighted by molar-refractivity contribution is 6.46. The lowest BCUT2D eigenvalue weighted by atomic mass is 10.0. The summed E-state index contributed by atoms with van der Waals surface area (Å²) in [7, 11) is 0. The largest absolute Gasteiger partial charge is 0.456 e. The number of fused-ring (bicyclic) bond motifs is 1. The lowest BCUT2D eigenvalue weighted by Crippen LogP contribution is -2.31. The second-order valence-electron chi connectivity index (χ2n) is 6.55. The number of nitrogens with zero attached hydrogens (tertiary/aromatic N) is 1. The number of cyclic esters (lactones) is 1. The number of halogens is 1. The van der Waals surface area contributed by atoms with Crippen molar-refractivity contribution in [2.45, 2.75) is 13.5 Å². The van der Waals surface area contributed by atoms with Crippen molar-refractivity contribution in [2.24, 2.45) is 0 Å². The quantitative estimate of drug-likeness (QED) is 0.396. The van der Waals surface area contributed by atoms with Gasteiger partial charge < -0.3 is 14.6 Å². The average Bonchev–Trinajstić information content (AvgIpc) is 3.28. The van der Waals surface area contributed by atoms with E-state index in [1.165, 1.54) is 6.08 Å². The first-order chi connectivity index (χ1) is 14.0. The predicted octanol–water partition coefficient (Wildman–Crippen LogP) is 3.72. The fourth-order valence-corrected chi connectivity index (χ4v) is 3.66. The Morgan fingerprint density at radius 2 is 1.86 bits per heavy atom. The van der Waals surface area contributed by atoms with Gasteiger partial charge in [0.25, 0.3) is 11.7 Å². The molecule has 0 aliphatic carbocycles. The van der Waals surface area contributed by atoms with Crippen LogP contribution in [-0.4, -0.2) is 28.8 Å². The van der Waals surface area contributed by atoms with Gasteiger partial charge in [-0.25, -0.2) is 4.79 Å². The molecule has 7 heteroatoms. The van der Waals surface area contributed by atoms with Crippen LogP contribution in [0.1, 0.15) is 17.3 Å². The zero-order valence-corrected chi connectivity index (χ0v) is 16.3. The predicted molar refractivity (Wildman–Crippen MR) is 110 cm³/mol. The molecule has 0 bridgehead atoms. The monoisotopic (exact) mass is 408 g/mol. The number of rotatable bonds is 5. The van der Waals surface area contributed by atoms with Gasteiger partial charge in [0.05, 0.1) is 17.0 Å². The molecule has 1 aromatic heterocycles. The number of aromatic nitrogens is 1. The van der Waals surface area contributed by atoms with Gasteiger partial charge in [0, 0.05) is 28.5 Å². The maximum Gasteiger partial charge on any atom is 0.333 e. The summed E-state index contributed by atoms with van der Waals surface area (Å²) in [4.78, 5) is 37.1. The molecule has 0 spiro atoms. The van der Waals surface area contributed by atoms with Crippen molar-refractivity contribution in [2.75, 3.05) is 6.61 Å². The van der Waals surface area contributed by atoms with Crippen molar-refractivity contribution < 1.29 is 19.1 Å². The molecule has 0 radical (unpaired) electrons. The van der Waals surface area contributed by atoms with Crippen LogP contribution in [0.2, 0.25) is 5.02 Å². The fourth-order valence-electron chi connectivity index (χ4n) is 3.53. The number of benzene rings is 2. The molecular weight excluding hydrogens is 392 g/mol. The van der Waals surface area contributed by atoms with Gasteiger partial charge in [-0.05, 0) is 30.7 Å². The molecule has 2 aromatic carbocycles. The van der Waals surface area contributed by atoms with Crippen LogP contribution in [0.25, 0.3) is 22.2 Å². The zero-order chi connectivity index (χ0) is 20.5. The van der Waals surface area contributed by atoms with Crippen molar-refractivity contribution >= 4 is 40.2 Å². The molecule has 0 fully saturated rings. The molecular formula is C22H17ClN2O4. The number of aryl methyl sites for hydroxylation is 1. The molecule has 1 aliphatic rings. The molecule has 0 unspecified atom stereocenters. The lowest BCUT2D eigenvalue weighted by Gasteiger charge is -2.11. The fraction of sp³-hybridized carbons (Fsp3) is 0.136. The molecule has 0 saturated heterocycles. The van der Waals surface area contributed by atoms with E-state index in [0.29, 0.717) is 28.2 Å². The Hall–Kier alpha value is -3.38. The van der Waals surface area contributed by atoms with Gasteiger partial charge in [-0.15, -0.1) is 0 Å². The second-order valence-corrected chi connectivity index (χ2v) is 6.99. The summed E-state index contributed by atoms with van der Waals surface area (Å²) in [6.07, 6.45) is 1.17. The first kappa shape index (κ1) is 19.0. The molecule has 4 rings (SSSR count). The smallest absolute Gasteiger partial charge is 0.333 e. The van der Waals surface area contributed by atoms with Crippen molar-refractivity contribution in [3.63, 3.8) is 0 Å². The number of carbonyl (C=O) groups is 3. The van der Waals surface area contributed by atoms with E-state index in [0.717, 1.165) is 11.1 Å². The number of hydrogen-bond donors (Lipinski definition) is 1. The third kappa shape index (κ3) is 3.43. The van der Waals surface area contributed by atoms with E-state index in [1.54, 1.807) is 12.1 Å². The molecule has 2 heterocycles. The van der Waals surface area contributed by atoms with Gasteiger partial charge in [0.2, 0.25) is 0 Å². The van der Waals surface area contributed by atoms with E-state index < -0.39 is 17.7 Å². The summed E-state index contributed by atoms with van der Waals surface area (Å²) in [6.45, 7) is 2.53. The van der Waals surface area contributed by atoms with Crippen LogP contribution in [0.5, 0.6) is 0 Å². The summed E-state index contributed by atoms with van der Waals surface area (Å²) in [5, 5.41) is 3.75. The van der Waals surface area contributed by atoms with Crippen molar-refractivity contribution in [1.29, 1.82) is 0 Å². The highest BCUT2D eigenvalue weighted by atomic mass is 35.5. The zero-order valence-electron chi connectivity index (χ0n) is 15.6. The van der Waals surface area contributed by atoms with E-state index in [9.17, 15) is 14.4 Å². The Balaban J connectivity index is 1.86. The van der Waals surface area contributed by atoms with Crippen LogP contribution >= 0.6 is 11.6 Å². The van der Waals surface area contributed by atoms with Gasteiger partial charge in [0.1, 0.15) is 6.61 Å². The van der Waals surface area contributed by atoms with E-state index in [-0.39, 0.29) is 12.3 Å².